The van der Waals surface area contributed by atoms with Gasteiger partial charge in [0, 0.05) is 24.2 Å². The fourth-order valence-corrected chi connectivity index (χ4v) is 6.90. The Hall–Kier alpha value is -1.16. The molecule has 4 heteroatoms. The molecule has 0 saturated heterocycles. The van der Waals surface area contributed by atoms with Gasteiger partial charge in [0.1, 0.15) is 11.9 Å². The second kappa shape index (κ2) is 5.94. The minimum Gasteiger partial charge on any atom is -0.458 e. The molecule has 3 saturated carbocycles. The average molecular weight is 346 g/mol. The highest BCUT2D eigenvalue weighted by molar-refractivity contribution is 5.87. The molecule has 0 spiro atoms. The number of fused-ring (bicyclic) bond motifs is 5. The largest absolute Gasteiger partial charge is 0.458 e. The van der Waals surface area contributed by atoms with Gasteiger partial charge in [-0.1, -0.05) is 13.0 Å². The van der Waals surface area contributed by atoms with Crippen LogP contribution >= 0.6 is 0 Å². The van der Waals surface area contributed by atoms with E-state index in [1.807, 2.05) is 0 Å². The number of hydrogen-bond donors (Lipinski definition) is 1. The molecule has 0 aromatic heterocycles. The van der Waals surface area contributed by atoms with Crippen molar-refractivity contribution in [1.29, 1.82) is 0 Å². The molecule has 0 bridgehead atoms. The summed E-state index contributed by atoms with van der Waals surface area (Å²) in [6, 6.07) is 0. The van der Waals surface area contributed by atoms with E-state index in [0.29, 0.717) is 23.5 Å². The van der Waals surface area contributed by atoms with E-state index in [1.165, 1.54) is 12.5 Å². The molecular weight excluding hydrogens is 316 g/mol. The van der Waals surface area contributed by atoms with Gasteiger partial charge in [-0.15, -0.1) is 0 Å². The third-order valence-electron chi connectivity index (χ3n) is 8.07. The van der Waals surface area contributed by atoms with E-state index < -0.39 is 0 Å². The van der Waals surface area contributed by atoms with E-state index in [0.717, 1.165) is 51.4 Å². The molecular formula is C21H30O4. The molecule has 0 radical (unpaired) electrons. The number of ketones is 1. The Labute approximate surface area is 150 Å². The van der Waals surface area contributed by atoms with E-state index in [4.69, 9.17) is 4.74 Å². The highest BCUT2D eigenvalue weighted by atomic mass is 16.5. The number of carbonyl (C=O) groups excluding carboxylic acids is 2. The Bertz CT molecular complexity index is 623. The molecule has 0 aromatic carbocycles. The summed E-state index contributed by atoms with van der Waals surface area (Å²) in [4.78, 5) is 24.0. The topological polar surface area (TPSA) is 63.6 Å². The van der Waals surface area contributed by atoms with Crippen LogP contribution in [0.3, 0.4) is 0 Å². The maximum atomic E-state index is 12.5. The normalized spacial score (nSPS) is 45.9. The van der Waals surface area contributed by atoms with Gasteiger partial charge in [0.05, 0.1) is 6.61 Å². The van der Waals surface area contributed by atoms with E-state index >= 15 is 0 Å². The first kappa shape index (κ1) is 17.3. The Kier molecular flexibility index (Phi) is 4.10. The molecule has 6 atom stereocenters. The molecule has 0 aromatic rings. The Morgan fingerprint density at radius 1 is 1.28 bits per heavy atom. The average Bonchev–Trinajstić information content (AvgIpc) is 2.89. The Morgan fingerprint density at radius 3 is 2.80 bits per heavy atom. The second-order valence-corrected chi connectivity index (χ2v) is 8.99. The number of rotatable bonds is 2. The minimum absolute atomic E-state index is 0.134. The van der Waals surface area contributed by atoms with Gasteiger partial charge in [0.2, 0.25) is 0 Å². The quantitative estimate of drug-likeness (QED) is 0.615. The van der Waals surface area contributed by atoms with Gasteiger partial charge in [0.15, 0.2) is 0 Å². The van der Waals surface area contributed by atoms with Crippen molar-refractivity contribution in [3.63, 3.8) is 0 Å². The number of carbonyl (C=O) groups is 2. The van der Waals surface area contributed by atoms with E-state index in [-0.39, 0.29) is 29.5 Å². The summed E-state index contributed by atoms with van der Waals surface area (Å²) in [5, 5.41) is 10.5. The fraction of sp³-hybridized carbons (Fsp3) is 0.810. The van der Waals surface area contributed by atoms with Crippen LogP contribution in [0.5, 0.6) is 0 Å². The lowest BCUT2D eigenvalue weighted by Gasteiger charge is -2.57. The van der Waals surface area contributed by atoms with E-state index in [9.17, 15) is 14.7 Å². The lowest BCUT2D eigenvalue weighted by atomic mass is 9.47. The first-order valence-electron chi connectivity index (χ1n) is 9.94. The van der Waals surface area contributed by atoms with Crippen LogP contribution in [0.25, 0.3) is 0 Å². The zero-order valence-electron chi connectivity index (χ0n) is 15.4. The van der Waals surface area contributed by atoms with Crippen LogP contribution in [0.15, 0.2) is 11.6 Å². The first-order chi connectivity index (χ1) is 11.9. The van der Waals surface area contributed by atoms with Gasteiger partial charge in [-0.25, -0.2) is 0 Å². The van der Waals surface area contributed by atoms with Crippen LogP contribution in [0.1, 0.15) is 65.2 Å². The number of aliphatic hydroxyl groups is 1. The van der Waals surface area contributed by atoms with E-state index in [1.54, 1.807) is 0 Å². The van der Waals surface area contributed by atoms with Crippen LogP contribution in [0.4, 0.5) is 0 Å². The van der Waals surface area contributed by atoms with Crippen LogP contribution < -0.4 is 0 Å². The molecule has 0 aliphatic heterocycles. The monoisotopic (exact) mass is 346 g/mol. The Morgan fingerprint density at radius 2 is 2.08 bits per heavy atom. The van der Waals surface area contributed by atoms with Crippen LogP contribution in [0.2, 0.25) is 0 Å². The summed E-state index contributed by atoms with van der Waals surface area (Å²) in [5.41, 5.74) is 0.784. The third kappa shape index (κ3) is 2.36. The number of allylic oxidation sites excluding steroid dienone is 1. The fourth-order valence-electron chi connectivity index (χ4n) is 6.90. The van der Waals surface area contributed by atoms with Crippen molar-refractivity contribution in [2.45, 2.75) is 71.3 Å². The SMILES string of the molecule is CC(=O)O[C@H]1CCC[C@@]2(CO)C1=CC[C@@H]1[C@@H]2CC[C@]2(C)C(=O)CC[C@@H]12. The molecule has 138 valence electrons. The standard InChI is InChI=1S/C21H30O4/c1-13(23)25-18-4-3-10-21(12-22)16-9-11-20(2)15(7-8-19(20)24)14(16)5-6-17(18)21/h6,14-16,18,22H,3-5,7-12H2,1-2H3/t14-,15-,16-,18-,20-,21-/m0/s1. The van der Waals surface area contributed by atoms with Crippen molar-refractivity contribution < 1.29 is 19.4 Å². The van der Waals surface area contributed by atoms with E-state index in [2.05, 4.69) is 13.0 Å². The van der Waals surface area contributed by atoms with Crippen molar-refractivity contribution >= 4 is 11.8 Å². The molecule has 4 aliphatic rings. The summed E-state index contributed by atoms with van der Waals surface area (Å²) in [5.74, 6) is 1.57. The number of aliphatic hydroxyl groups excluding tert-OH is 1. The van der Waals surface area contributed by atoms with Crippen LogP contribution in [0, 0.1) is 28.6 Å². The van der Waals surface area contributed by atoms with Crippen molar-refractivity contribution in [3.8, 4) is 0 Å². The number of esters is 1. The molecule has 0 heterocycles. The van der Waals surface area contributed by atoms with Gasteiger partial charge >= 0.3 is 5.97 Å². The zero-order valence-corrected chi connectivity index (χ0v) is 15.4. The predicted octanol–water partition coefficient (Wildman–Crippen LogP) is 3.42. The molecule has 4 rings (SSSR count). The Balaban J connectivity index is 1.71. The van der Waals surface area contributed by atoms with Gasteiger partial charge in [0.25, 0.3) is 0 Å². The molecule has 25 heavy (non-hydrogen) atoms. The van der Waals surface area contributed by atoms with Gasteiger partial charge in [-0.3, -0.25) is 9.59 Å². The second-order valence-electron chi connectivity index (χ2n) is 8.99. The molecule has 4 aliphatic carbocycles. The van der Waals surface area contributed by atoms with Crippen molar-refractivity contribution in [2.24, 2.45) is 28.6 Å². The zero-order chi connectivity index (χ0) is 17.8. The highest BCUT2D eigenvalue weighted by Crippen LogP contribution is 2.64. The summed E-state index contributed by atoms with van der Waals surface area (Å²) in [7, 11) is 0. The third-order valence-corrected chi connectivity index (χ3v) is 8.07. The molecule has 1 N–H and O–H groups in total. The van der Waals surface area contributed by atoms with Gasteiger partial charge < -0.3 is 9.84 Å². The summed E-state index contributed by atoms with van der Waals surface area (Å²) in [6.07, 6.45) is 9.58. The number of ether oxygens (including phenoxy) is 1. The van der Waals surface area contributed by atoms with Crippen LogP contribution in [-0.2, 0) is 14.3 Å². The smallest absolute Gasteiger partial charge is 0.303 e. The molecule has 4 nitrogen and oxygen atoms in total. The summed E-state index contributed by atoms with van der Waals surface area (Å²) >= 11 is 0. The van der Waals surface area contributed by atoms with Gasteiger partial charge in [-0.2, -0.15) is 0 Å². The van der Waals surface area contributed by atoms with Crippen molar-refractivity contribution in [2.75, 3.05) is 6.61 Å². The molecule has 0 amide bonds. The minimum atomic E-state index is -0.242. The summed E-state index contributed by atoms with van der Waals surface area (Å²) < 4.78 is 5.62. The highest BCUT2D eigenvalue weighted by Gasteiger charge is 2.60. The maximum absolute atomic E-state index is 12.5. The maximum Gasteiger partial charge on any atom is 0.303 e. The summed E-state index contributed by atoms with van der Waals surface area (Å²) in [6.45, 7) is 3.78. The lowest BCUT2D eigenvalue weighted by Crippen LogP contribution is -2.54. The van der Waals surface area contributed by atoms with Crippen molar-refractivity contribution in [3.05, 3.63) is 11.6 Å². The lowest BCUT2D eigenvalue weighted by molar-refractivity contribution is -0.149. The molecule has 0 unspecified atom stereocenters. The molecule has 3 fully saturated rings. The van der Waals surface area contributed by atoms with Crippen molar-refractivity contribution in [1.82, 2.24) is 0 Å². The first-order valence-corrected chi connectivity index (χ1v) is 9.94. The number of hydrogen-bond acceptors (Lipinski definition) is 4. The van der Waals surface area contributed by atoms with Gasteiger partial charge in [-0.05, 0) is 68.3 Å². The predicted molar refractivity (Wildman–Crippen MR) is 93.7 cm³/mol. The van der Waals surface area contributed by atoms with Crippen LogP contribution in [-0.4, -0.2) is 29.6 Å². The number of Topliss-reactive ketones (excluding diaryl/α,β-unsaturated/α-hetero) is 1.